The quantitative estimate of drug-likeness (QED) is 0.594. The third-order valence-corrected chi connectivity index (χ3v) is 5.39. The van der Waals surface area contributed by atoms with Crippen LogP contribution < -0.4 is 5.73 Å². The minimum atomic E-state index is 0.200. The van der Waals surface area contributed by atoms with Crippen LogP contribution in [-0.4, -0.2) is 42.1 Å². The zero-order chi connectivity index (χ0) is 13.3. The molecular weight excluding hydrogens is 238 g/mol. The SMILES string of the molecule is N=C(N)C1CCCN(C2CCOC3(CCCC3)C2)C1. The lowest BCUT2D eigenvalue weighted by atomic mass is 9.86. The molecule has 2 heterocycles. The van der Waals surface area contributed by atoms with Gasteiger partial charge in [0.2, 0.25) is 0 Å². The van der Waals surface area contributed by atoms with Crippen molar-refractivity contribution in [1.82, 2.24) is 4.90 Å². The highest BCUT2D eigenvalue weighted by molar-refractivity contribution is 5.79. The third kappa shape index (κ3) is 2.79. The van der Waals surface area contributed by atoms with Gasteiger partial charge in [-0.2, -0.15) is 0 Å². The Kier molecular flexibility index (Phi) is 3.81. The first-order valence-corrected chi connectivity index (χ1v) is 7.90. The molecule has 0 bridgehead atoms. The molecule has 19 heavy (non-hydrogen) atoms. The highest BCUT2D eigenvalue weighted by Crippen LogP contribution is 2.41. The molecule has 4 heteroatoms. The van der Waals surface area contributed by atoms with Gasteiger partial charge in [0.15, 0.2) is 0 Å². The van der Waals surface area contributed by atoms with Gasteiger partial charge in [-0.1, -0.05) is 12.8 Å². The summed E-state index contributed by atoms with van der Waals surface area (Å²) < 4.78 is 6.13. The number of likely N-dealkylation sites (tertiary alicyclic amines) is 1. The fourth-order valence-electron chi connectivity index (χ4n) is 4.27. The van der Waals surface area contributed by atoms with Crippen molar-refractivity contribution in [2.45, 2.75) is 63.0 Å². The van der Waals surface area contributed by atoms with Gasteiger partial charge in [-0.25, -0.2) is 0 Å². The summed E-state index contributed by atoms with van der Waals surface area (Å²) in [6.45, 7) is 3.10. The molecule has 2 unspecified atom stereocenters. The summed E-state index contributed by atoms with van der Waals surface area (Å²) in [6.07, 6.45) is 9.84. The van der Waals surface area contributed by atoms with Gasteiger partial charge in [0.05, 0.1) is 11.4 Å². The van der Waals surface area contributed by atoms with E-state index in [0.717, 1.165) is 26.0 Å². The maximum atomic E-state index is 7.68. The van der Waals surface area contributed by atoms with Gasteiger partial charge in [0, 0.05) is 25.1 Å². The first-order valence-electron chi connectivity index (χ1n) is 7.90. The second kappa shape index (κ2) is 5.41. The number of nitrogens with one attached hydrogen (secondary N) is 1. The van der Waals surface area contributed by atoms with Crippen LogP contribution in [0.3, 0.4) is 0 Å². The highest BCUT2D eigenvalue weighted by atomic mass is 16.5. The first-order chi connectivity index (χ1) is 9.19. The molecule has 1 aliphatic carbocycles. The minimum absolute atomic E-state index is 0.200. The summed E-state index contributed by atoms with van der Waals surface area (Å²) in [5, 5.41) is 7.68. The molecule has 2 aliphatic heterocycles. The van der Waals surface area contributed by atoms with Crippen molar-refractivity contribution in [3.8, 4) is 0 Å². The summed E-state index contributed by atoms with van der Waals surface area (Å²) in [6, 6.07) is 0.661. The summed E-state index contributed by atoms with van der Waals surface area (Å²) in [5.41, 5.74) is 5.91. The molecule has 1 spiro atoms. The normalized spacial score (nSPS) is 35.6. The van der Waals surface area contributed by atoms with Crippen molar-refractivity contribution < 1.29 is 4.74 Å². The van der Waals surface area contributed by atoms with E-state index >= 15 is 0 Å². The number of piperidine rings is 1. The number of nitrogens with zero attached hydrogens (tertiary/aromatic N) is 1. The Morgan fingerprint density at radius 3 is 2.74 bits per heavy atom. The number of hydrogen-bond acceptors (Lipinski definition) is 3. The van der Waals surface area contributed by atoms with Gasteiger partial charge in [0.1, 0.15) is 0 Å². The number of hydrogen-bond donors (Lipinski definition) is 2. The zero-order valence-electron chi connectivity index (χ0n) is 11.9. The molecule has 4 nitrogen and oxygen atoms in total. The van der Waals surface area contributed by atoms with Crippen molar-refractivity contribution in [3.05, 3.63) is 0 Å². The molecule has 1 saturated carbocycles. The van der Waals surface area contributed by atoms with Gasteiger partial charge < -0.3 is 10.5 Å². The van der Waals surface area contributed by atoms with Crippen LogP contribution in [0.25, 0.3) is 0 Å². The van der Waals surface area contributed by atoms with Crippen molar-refractivity contribution in [1.29, 1.82) is 5.41 Å². The Hall–Kier alpha value is -0.610. The smallest absolute Gasteiger partial charge is 0.0949 e. The average Bonchev–Trinajstić information content (AvgIpc) is 2.87. The van der Waals surface area contributed by atoms with E-state index in [1.807, 2.05) is 0 Å². The predicted molar refractivity (Wildman–Crippen MR) is 76.4 cm³/mol. The number of ether oxygens (including phenoxy) is 1. The van der Waals surface area contributed by atoms with Gasteiger partial charge in [-0.3, -0.25) is 10.3 Å². The lowest BCUT2D eigenvalue weighted by molar-refractivity contribution is -0.104. The fraction of sp³-hybridized carbons (Fsp3) is 0.933. The van der Waals surface area contributed by atoms with E-state index in [1.54, 1.807) is 0 Å². The van der Waals surface area contributed by atoms with Crippen LogP contribution in [0.15, 0.2) is 0 Å². The van der Waals surface area contributed by atoms with E-state index in [-0.39, 0.29) is 11.5 Å². The summed E-state index contributed by atoms with van der Waals surface area (Å²) >= 11 is 0. The van der Waals surface area contributed by atoms with Crippen LogP contribution in [0.4, 0.5) is 0 Å². The molecule has 108 valence electrons. The first kappa shape index (κ1) is 13.4. The Morgan fingerprint density at radius 2 is 2.00 bits per heavy atom. The van der Waals surface area contributed by atoms with Crippen LogP contribution >= 0.6 is 0 Å². The van der Waals surface area contributed by atoms with E-state index in [9.17, 15) is 0 Å². The summed E-state index contributed by atoms with van der Waals surface area (Å²) in [5.74, 6) is 0.670. The second-order valence-electron chi connectivity index (χ2n) is 6.67. The van der Waals surface area contributed by atoms with Crippen LogP contribution in [0.5, 0.6) is 0 Å². The number of rotatable bonds is 2. The Balaban J connectivity index is 1.63. The van der Waals surface area contributed by atoms with Crippen molar-refractivity contribution >= 4 is 5.84 Å². The molecule has 0 aromatic heterocycles. The molecule has 3 aliphatic rings. The van der Waals surface area contributed by atoms with Crippen LogP contribution in [0.1, 0.15) is 51.4 Å². The third-order valence-electron chi connectivity index (χ3n) is 5.39. The molecule has 2 saturated heterocycles. The van der Waals surface area contributed by atoms with Gasteiger partial charge in [-0.05, 0) is 45.1 Å². The van der Waals surface area contributed by atoms with E-state index in [1.165, 1.54) is 45.1 Å². The maximum Gasteiger partial charge on any atom is 0.0949 e. The molecule has 2 atom stereocenters. The molecule has 0 aromatic rings. The molecule has 0 amide bonds. The highest BCUT2D eigenvalue weighted by Gasteiger charge is 2.42. The molecule has 0 radical (unpaired) electrons. The van der Waals surface area contributed by atoms with E-state index in [0.29, 0.717) is 11.9 Å². The van der Waals surface area contributed by atoms with Crippen molar-refractivity contribution in [2.24, 2.45) is 11.7 Å². The molecule has 3 fully saturated rings. The van der Waals surface area contributed by atoms with Crippen LogP contribution in [-0.2, 0) is 4.74 Å². The van der Waals surface area contributed by atoms with Crippen LogP contribution in [0, 0.1) is 11.3 Å². The molecule has 0 aromatic carbocycles. The standard InChI is InChI=1S/C15H27N3O/c16-14(17)12-4-3-8-18(11-12)13-5-9-19-15(10-13)6-1-2-7-15/h12-13H,1-11H2,(H3,16,17). The lowest BCUT2D eigenvalue weighted by Gasteiger charge is -2.45. The predicted octanol–water partition coefficient (Wildman–Crippen LogP) is 2.13. The molecular formula is C15H27N3O. The van der Waals surface area contributed by atoms with Crippen molar-refractivity contribution in [2.75, 3.05) is 19.7 Å². The second-order valence-corrected chi connectivity index (χ2v) is 6.67. The van der Waals surface area contributed by atoms with E-state index < -0.39 is 0 Å². The van der Waals surface area contributed by atoms with Crippen LogP contribution in [0.2, 0.25) is 0 Å². The Labute approximate surface area is 116 Å². The van der Waals surface area contributed by atoms with Crippen molar-refractivity contribution in [3.63, 3.8) is 0 Å². The topological polar surface area (TPSA) is 62.3 Å². The summed E-state index contributed by atoms with van der Waals surface area (Å²) in [4.78, 5) is 2.60. The fourth-order valence-corrected chi connectivity index (χ4v) is 4.27. The largest absolute Gasteiger partial charge is 0.387 e. The molecule has 3 rings (SSSR count). The van der Waals surface area contributed by atoms with Gasteiger partial charge in [-0.15, -0.1) is 0 Å². The zero-order valence-corrected chi connectivity index (χ0v) is 11.9. The van der Waals surface area contributed by atoms with E-state index in [4.69, 9.17) is 15.9 Å². The minimum Gasteiger partial charge on any atom is -0.387 e. The van der Waals surface area contributed by atoms with E-state index in [2.05, 4.69) is 4.90 Å². The lowest BCUT2D eigenvalue weighted by Crippen LogP contribution is -2.51. The van der Waals surface area contributed by atoms with Gasteiger partial charge in [0.25, 0.3) is 0 Å². The monoisotopic (exact) mass is 265 g/mol. The number of nitrogens with two attached hydrogens (primary N) is 1. The average molecular weight is 265 g/mol. The Morgan fingerprint density at radius 1 is 1.21 bits per heavy atom. The summed E-state index contributed by atoms with van der Waals surface area (Å²) in [7, 11) is 0. The van der Waals surface area contributed by atoms with Gasteiger partial charge >= 0.3 is 0 Å². The Bertz CT molecular complexity index is 338. The maximum absolute atomic E-state index is 7.68. The molecule has 3 N–H and O–H groups in total. The number of amidine groups is 1.